The highest BCUT2D eigenvalue weighted by atomic mass is 19.1. The molecule has 36 heavy (non-hydrogen) atoms. The molecule has 1 saturated heterocycles. The molecule has 0 N–H and O–H groups in total. The molecular formula is C28H30FN5O2. The van der Waals surface area contributed by atoms with E-state index in [4.69, 9.17) is 0 Å². The number of halogens is 1. The van der Waals surface area contributed by atoms with Gasteiger partial charge in [0.2, 0.25) is 0 Å². The lowest BCUT2D eigenvalue weighted by Crippen LogP contribution is -2.52. The highest BCUT2D eigenvalue weighted by Crippen LogP contribution is 2.30. The molecule has 2 aliphatic rings. The maximum absolute atomic E-state index is 14.3. The van der Waals surface area contributed by atoms with Crippen LogP contribution in [0, 0.1) is 5.82 Å². The Morgan fingerprint density at radius 1 is 0.972 bits per heavy atom. The lowest BCUT2D eigenvalue weighted by molar-refractivity contribution is 0.0518. The number of para-hydroxylation sites is 1. The molecule has 0 atom stereocenters. The number of carbonyl (C=O) groups is 1. The fourth-order valence-corrected chi connectivity index (χ4v) is 5.98. The largest absolute Gasteiger partial charge is 0.339 e. The number of aryl methyl sites for hydroxylation is 1. The van der Waals surface area contributed by atoms with Gasteiger partial charge in [-0.2, -0.15) is 9.78 Å². The highest BCUT2D eigenvalue weighted by molar-refractivity contribution is 6.16. The van der Waals surface area contributed by atoms with Crippen molar-refractivity contribution in [1.82, 2.24) is 24.1 Å². The Labute approximate surface area is 208 Å². The van der Waals surface area contributed by atoms with Gasteiger partial charge in [-0.25, -0.2) is 4.39 Å². The van der Waals surface area contributed by atoms with Gasteiger partial charge in [0.25, 0.3) is 11.5 Å². The number of piperazine rings is 1. The van der Waals surface area contributed by atoms with Gasteiger partial charge in [-0.1, -0.05) is 37.5 Å². The van der Waals surface area contributed by atoms with Crippen molar-refractivity contribution in [3.05, 3.63) is 70.4 Å². The third kappa shape index (κ3) is 3.80. The predicted molar refractivity (Wildman–Crippen MR) is 138 cm³/mol. The van der Waals surface area contributed by atoms with E-state index < -0.39 is 5.82 Å². The van der Waals surface area contributed by atoms with Gasteiger partial charge in [-0.3, -0.25) is 14.5 Å². The van der Waals surface area contributed by atoms with Crippen LogP contribution < -0.4 is 5.56 Å². The number of aromatic nitrogens is 3. The molecule has 2 fully saturated rings. The summed E-state index contributed by atoms with van der Waals surface area (Å²) >= 11 is 0. The van der Waals surface area contributed by atoms with E-state index in [9.17, 15) is 14.0 Å². The molecular weight excluding hydrogens is 457 g/mol. The average Bonchev–Trinajstić information content (AvgIpc) is 3.21. The monoisotopic (exact) mass is 487 g/mol. The van der Waals surface area contributed by atoms with E-state index in [1.807, 2.05) is 23.1 Å². The molecule has 2 aromatic heterocycles. The fraction of sp³-hybridized carbons (Fsp3) is 0.393. The summed E-state index contributed by atoms with van der Waals surface area (Å²) in [4.78, 5) is 31.9. The Morgan fingerprint density at radius 2 is 1.69 bits per heavy atom. The summed E-state index contributed by atoms with van der Waals surface area (Å²) in [5.41, 5.74) is 1.47. The summed E-state index contributed by atoms with van der Waals surface area (Å²) in [5.74, 6) is -0.633. The zero-order chi connectivity index (χ0) is 24.8. The number of benzene rings is 2. The zero-order valence-corrected chi connectivity index (χ0v) is 20.5. The molecule has 2 aromatic carbocycles. The van der Waals surface area contributed by atoms with E-state index in [1.54, 1.807) is 29.8 Å². The predicted octanol–water partition coefficient (Wildman–Crippen LogP) is 4.11. The van der Waals surface area contributed by atoms with Crippen molar-refractivity contribution in [3.8, 4) is 5.69 Å². The second kappa shape index (κ2) is 9.17. The number of hydrogen-bond acceptors (Lipinski definition) is 4. The molecule has 0 unspecified atom stereocenters. The quantitative estimate of drug-likeness (QED) is 0.436. The van der Waals surface area contributed by atoms with Crippen LogP contribution in [0.15, 0.2) is 53.3 Å². The van der Waals surface area contributed by atoms with Crippen LogP contribution in [-0.2, 0) is 7.05 Å². The first kappa shape index (κ1) is 22.9. The van der Waals surface area contributed by atoms with Crippen molar-refractivity contribution >= 4 is 27.7 Å². The minimum Gasteiger partial charge on any atom is -0.339 e. The van der Waals surface area contributed by atoms with Crippen LogP contribution in [0.1, 0.15) is 42.6 Å². The van der Waals surface area contributed by atoms with Gasteiger partial charge < -0.3 is 9.47 Å². The zero-order valence-electron chi connectivity index (χ0n) is 20.5. The molecule has 4 aromatic rings. The van der Waals surface area contributed by atoms with Gasteiger partial charge in [0, 0.05) is 55.6 Å². The number of carbonyl (C=O) groups excluding carboxylic acids is 1. The van der Waals surface area contributed by atoms with Gasteiger partial charge in [0.1, 0.15) is 11.3 Å². The lowest BCUT2D eigenvalue weighted by Gasteiger charge is -2.40. The topological polar surface area (TPSA) is 63.4 Å². The molecule has 8 heteroatoms. The molecule has 186 valence electrons. The molecule has 1 saturated carbocycles. The van der Waals surface area contributed by atoms with Crippen LogP contribution in [-0.4, -0.2) is 62.3 Å². The Kier molecular flexibility index (Phi) is 5.84. The first-order valence-corrected chi connectivity index (χ1v) is 12.8. The molecule has 1 aliphatic heterocycles. The number of nitrogens with zero attached hydrogens (tertiary/aromatic N) is 5. The van der Waals surface area contributed by atoms with Crippen molar-refractivity contribution < 1.29 is 9.18 Å². The van der Waals surface area contributed by atoms with Gasteiger partial charge >= 0.3 is 0 Å². The molecule has 6 rings (SSSR count). The molecule has 0 spiro atoms. The standard InChI is InChI=1S/C28H30FN5O2/c1-31-23-13-12-19(29)18-22(23)24-25(30-34(28(36)26(24)31)21-10-6-3-7-11-21)27(35)33-16-14-32(15-17-33)20-8-4-2-5-9-20/h3,6-7,10-13,18,20H,2,4-5,8-9,14-17H2,1H3. The summed E-state index contributed by atoms with van der Waals surface area (Å²) in [6.07, 6.45) is 6.35. The highest BCUT2D eigenvalue weighted by Gasteiger charge is 2.31. The number of fused-ring (bicyclic) bond motifs is 3. The number of rotatable bonds is 3. The van der Waals surface area contributed by atoms with Crippen LogP contribution in [0.4, 0.5) is 4.39 Å². The van der Waals surface area contributed by atoms with Crippen molar-refractivity contribution in [2.45, 2.75) is 38.1 Å². The molecule has 0 radical (unpaired) electrons. The third-order valence-corrected chi connectivity index (χ3v) is 7.89. The molecule has 0 bridgehead atoms. The minimum absolute atomic E-state index is 0.191. The second-order valence-corrected chi connectivity index (χ2v) is 9.97. The Balaban J connectivity index is 1.45. The van der Waals surface area contributed by atoms with Crippen molar-refractivity contribution in [2.75, 3.05) is 26.2 Å². The van der Waals surface area contributed by atoms with E-state index in [0.29, 0.717) is 46.6 Å². The fourth-order valence-electron chi connectivity index (χ4n) is 5.98. The van der Waals surface area contributed by atoms with E-state index >= 15 is 0 Å². The van der Waals surface area contributed by atoms with Crippen molar-refractivity contribution in [3.63, 3.8) is 0 Å². The SMILES string of the molecule is Cn1c2ccc(F)cc2c2c(C(=O)N3CCN(C4CCCCC4)CC3)nn(-c3ccccc3)c(=O)c21. The van der Waals surface area contributed by atoms with Gasteiger partial charge in [-0.15, -0.1) is 0 Å². The van der Waals surface area contributed by atoms with Crippen LogP contribution in [0.3, 0.4) is 0 Å². The van der Waals surface area contributed by atoms with E-state index in [0.717, 1.165) is 13.1 Å². The van der Waals surface area contributed by atoms with Crippen LogP contribution >= 0.6 is 0 Å². The van der Waals surface area contributed by atoms with E-state index in [2.05, 4.69) is 10.00 Å². The smallest absolute Gasteiger partial charge is 0.296 e. The van der Waals surface area contributed by atoms with Crippen molar-refractivity contribution in [2.24, 2.45) is 7.05 Å². The maximum atomic E-state index is 14.3. The molecule has 7 nitrogen and oxygen atoms in total. The summed E-state index contributed by atoms with van der Waals surface area (Å²) in [7, 11) is 1.77. The van der Waals surface area contributed by atoms with Crippen molar-refractivity contribution in [1.29, 1.82) is 0 Å². The van der Waals surface area contributed by atoms with Gasteiger partial charge in [0.15, 0.2) is 5.69 Å². The Morgan fingerprint density at radius 3 is 2.42 bits per heavy atom. The second-order valence-electron chi connectivity index (χ2n) is 9.97. The molecule has 3 heterocycles. The summed E-state index contributed by atoms with van der Waals surface area (Å²) < 4.78 is 17.3. The first-order valence-electron chi connectivity index (χ1n) is 12.8. The minimum atomic E-state index is -0.415. The summed E-state index contributed by atoms with van der Waals surface area (Å²) in [6.45, 7) is 2.90. The van der Waals surface area contributed by atoms with Crippen LogP contribution in [0.25, 0.3) is 27.5 Å². The Bertz CT molecular complexity index is 1500. The first-order chi connectivity index (χ1) is 17.5. The van der Waals surface area contributed by atoms with Gasteiger partial charge in [0.05, 0.1) is 5.69 Å². The normalized spacial score (nSPS) is 17.8. The third-order valence-electron chi connectivity index (χ3n) is 7.89. The van der Waals surface area contributed by atoms with Crippen LogP contribution in [0.5, 0.6) is 0 Å². The molecule has 1 aliphatic carbocycles. The van der Waals surface area contributed by atoms with E-state index in [1.165, 1.54) is 48.9 Å². The number of hydrogen-bond donors (Lipinski definition) is 0. The molecule has 1 amide bonds. The summed E-state index contributed by atoms with van der Waals surface area (Å²) in [6, 6.07) is 14.1. The van der Waals surface area contributed by atoms with Gasteiger partial charge in [-0.05, 0) is 43.2 Å². The lowest BCUT2D eigenvalue weighted by atomic mass is 9.94. The maximum Gasteiger partial charge on any atom is 0.296 e. The average molecular weight is 488 g/mol. The summed E-state index contributed by atoms with van der Waals surface area (Å²) in [5, 5.41) is 5.56. The van der Waals surface area contributed by atoms with Crippen LogP contribution in [0.2, 0.25) is 0 Å². The number of amides is 1. The Hall–Kier alpha value is -3.52. The van der Waals surface area contributed by atoms with E-state index in [-0.39, 0.29) is 17.2 Å².